The first-order chi connectivity index (χ1) is 5.74. The zero-order valence-electron chi connectivity index (χ0n) is 8.30. The first kappa shape index (κ1) is 9.30. The van der Waals surface area contributed by atoms with Gasteiger partial charge in [0.05, 0.1) is 5.69 Å². The molecule has 12 heavy (non-hydrogen) atoms. The molecule has 0 aromatic carbocycles. The van der Waals surface area contributed by atoms with Gasteiger partial charge < -0.3 is 0 Å². The summed E-state index contributed by atoms with van der Waals surface area (Å²) in [6, 6.07) is 0. The number of aryl methyl sites for hydroxylation is 3. The van der Waals surface area contributed by atoms with Crippen molar-refractivity contribution < 1.29 is 0 Å². The second kappa shape index (κ2) is 4.29. The summed E-state index contributed by atoms with van der Waals surface area (Å²) in [6.07, 6.45) is 5.96. The van der Waals surface area contributed by atoms with Gasteiger partial charge in [0.15, 0.2) is 0 Å². The maximum absolute atomic E-state index is 4.40. The molecule has 2 nitrogen and oxygen atoms in total. The van der Waals surface area contributed by atoms with Crippen LogP contribution in [0.4, 0.5) is 0 Å². The molecule has 1 aromatic heterocycles. The summed E-state index contributed by atoms with van der Waals surface area (Å²) in [5.41, 5.74) is 2.46. The molecule has 0 atom stereocenters. The van der Waals surface area contributed by atoms with Gasteiger partial charge in [0, 0.05) is 12.7 Å². The number of rotatable bonds is 4. The van der Waals surface area contributed by atoms with E-state index in [1.165, 1.54) is 24.8 Å². The maximum Gasteiger partial charge on any atom is 0.0622 e. The monoisotopic (exact) mass is 166 g/mol. The SMILES string of the molecule is CCCCCn1cc(C)c(C)n1. The maximum atomic E-state index is 4.40. The van der Waals surface area contributed by atoms with E-state index in [-0.39, 0.29) is 0 Å². The Morgan fingerprint density at radius 3 is 2.58 bits per heavy atom. The van der Waals surface area contributed by atoms with Crippen LogP contribution in [0.1, 0.15) is 37.4 Å². The highest BCUT2D eigenvalue weighted by Crippen LogP contribution is 2.04. The van der Waals surface area contributed by atoms with E-state index in [1.807, 2.05) is 0 Å². The molecule has 0 N–H and O–H groups in total. The van der Waals surface area contributed by atoms with Crippen LogP contribution in [0.25, 0.3) is 0 Å². The molecule has 0 aliphatic carbocycles. The van der Waals surface area contributed by atoms with Gasteiger partial charge in [0.25, 0.3) is 0 Å². The zero-order valence-corrected chi connectivity index (χ0v) is 8.30. The van der Waals surface area contributed by atoms with E-state index in [0.29, 0.717) is 0 Å². The molecule has 0 aliphatic rings. The van der Waals surface area contributed by atoms with E-state index >= 15 is 0 Å². The van der Waals surface area contributed by atoms with Crippen molar-refractivity contribution in [2.45, 2.75) is 46.6 Å². The van der Waals surface area contributed by atoms with Crippen LogP contribution >= 0.6 is 0 Å². The van der Waals surface area contributed by atoms with Crippen molar-refractivity contribution in [2.24, 2.45) is 0 Å². The summed E-state index contributed by atoms with van der Waals surface area (Å²) in [6.45, 7) is 7.46. The summed E-state index contributed by atoms with van der Waals surface area (Å²) in [4.78, 5) is 0. The first-order valence-electron chi connectivity index (χ1n) is 4.74. The predicted octanol–water partition coefficient (Wildman–Crippen LogP) is 2.69. The lowest BCUT2D eigenvalue weighted by molar-refractivity contribution is 0.550. The lowest BCUT2D eigenvalue weighted by Gasteiger charge is -1.98. The molecule has 0 spiro atoms. The van der Waals surface area contributed by atoms with E-state index in [9.17, 15) is 0 Å². The molecule has 0 bridgehead atoms. The Hall–Kier alpha value is -0.790. The van der Waals surface area contributed by atoms with Crippen LogP contribution in [-0.4, -0.2) is 9.78 Å². The molecule has 1 rings (SSSR count). The normalized spacial score (nSPS) is 10.6. The molecule has 0 saturated heterocycles. The third-order valence-corrected chi connectivity index (χ3v) is 2.18. The van der Waals surface area contributed by atoms with Crippen molar-refractivity contribution in [1.82, 2.24) is 9.78 Å². The minimum absolute atomic E-state index is 1.07. The second-order valence-corrected chi connectivity index (χ2v) is 3.37. The number of nitrogens with zero attached hydrogens (tertiary/aromatic N) is 2. The minimum atomic E-state index is 1.07. The quantitative estimate of drug-likeness (QED) is 0.629. The fraction of sp³-hybridized carbons (Fsp3) is 0.700. The van der Waals surface area contributed by atoms with E-state index in [4.69, 9.17) is 0 Å². The van der Waals surface area contributed by atoms with E-state index in [2.05, 4.69) is 36.7 Å². The summed E-state index contributed by atoms with van der Waals surface area (Å²) in [5, 5.41) is 4.40. The Morgan fingerprint density at radius 2 is 2.08 bits per heavy atom. The van der Waals surface area contributed by atoms with Crippen LogP contribution in [-0.2, 0) is 6.54 Å². The van der Waals surface area contributed by atoms with Gasteiger partial charge in [-0.1, -0.05) is 19.8 Å². The van der Waals surface area contributed by atoms with Crippen LogP contribution < -0.4 is 0 Å². The number of hydrogen-bond acceptors (Lipinski definition) is 1. The molecular formula is C10H18N2. The van der Waals surface area contributed by atoms with Crippen molar-refractivity contribution in [3.05, 3.63) is 17.5 Å². The van der Waals surface area contributed by atoms with Crippen LogP contribution in [0, 0.1) is 13.8 Å². The minimum Gasteiger partial charge on any atom is -0.272 e. The Morgan fingerprint density at radius 1 is 1.33 bits per heavy atom. The molecule has 0 fully saturated rings. The summed E-state index contributed by atoms with van der Waals surface area (Å²) in [7, 11) is 0. The highest BCUT2D eigenvalue weighted by Gasteiger charge is 1.98. The Bertz CT molecular complexity index is 218. The highest BCUT2D eigenvalue weighted by atomic mass is 15.3. The van der Waals surface area contributed by atoms with Crippen molar-refractivity contribution in [3.63, 3.8) is 0 Å². The van der Waals surface area contributed by atoms with Crippen LogP contribution in [0.15, 0.2) is 6.20 Å². The zero-order chi connectivity index (χ0) is 8.97. The molecule has 2 heteroatoms. The van der Waals surface area contributed by atoms with Gasteiger partial charge in [-0.2, -0.15) is 5.10 Å². The molecule has 0 amide bonds. The van der Waals surface area contributed by atoms with Gasteiger partial charge in [0.2, 0.25) is 0 Å². The number of hydrogen-bond donors (Lipinski definition) is 0. The molecule has 1 aromatic rings. The third-order valence-electron chi connectivity index (χ3n) is 2.18. The molecule has 0 radical (unpaired) electrons. The lowest BCUT2D eigenvalue weighted by Crippen LogP contribution is -1.98. The topological polar surface area (TPSA) is 17.8 Å². The third kappa shape index (κ3) is 2.36. The summed E-state index contributed by atoms with van der Waals surface area (Å²) >= 11 is 0. The number of aromatic nitrogens is 2. The Labute approximate surface area is 74.6 Å². The van der Waals surface area contributed by atoms with Crippen LogP contribution in [0.2, 0.25) is 0 Å². The summed E-state index contributed by atoms with van der Waals surface area (Å²) in [5.74, 6) is 0. The van der Waals surface area contributed by atoms with E-state index < -0.39 is 0 Å². The lowest BCUT2D eigenvalue weighted by atomic mass is 10.2. The van der Waals surface area contributed by atoms with Crippen molar-refractivity contribution in [3.8, 4) is 0 Å². The van der Waals surface area contributed by atoms with E-state index in [1.54, 1.807) is 0 Å². The standard InChI is InChI=1S/C10H18N2/c1-4-5-6-7-12-8-9(2)10(3)11-12/h8H,4-7H2,1-3H3. The van der Waals surface area contributed by atoms with E-state index in [0.717, 1.165) is 12.2 Å². The van der Waals surface area contributed by atoms with Crippen LogP contribution in [0.5, 0.6) is 0 Å². The molecule has 1 heterocycles. The van der Waals surface area contributed by atoms with Crippen LogP contribution in [0.3, 0.4) is 0 Å². The molecule has 0 aliphatic heterocycles. The van der Waals surface area contributed by atoms with Crippen molar-refractivity contribution in [2.75, 3.05) is 0 Å². The average Bonchev–Trinajstić information content (AvgIpc) is 2.32. The fourth-order valence-corrected chi connectivity index (χ4v) is 1.26. The molecule has 0 saturated carbocycles. The number of unbranched alkanes of at least 4 members (excludes halogenated alkanes) is 2. The molecule has 0 unspecified atom stereocenters. The van der Waals surface area contributed by atoms with Gasteiger partial charge in [-0.05, 0) is 25.8 Å². The first-order valence-corrected chi connectivity index (χ1v) is 4.74. The van der Waals surface area contributed by atoms with Gasteiger partial charge in [0.1, 0.15) is 0 Å². The molecule has 68 valence electrons. The Balaban J connectivity index is 2.42. The average molecular weight is 166 g/mol. The molecular weight excluding hydrogens is 148 g/mol. The highest BCUT2D eigenvalue weighted by molar-refractivity contribution is 5.12. The van der Waals surface area contributed by atoms with Gasteiger partial charge in [-0.15, -0.1) is 0 Å². The smallest absolute Gasteiger partial charge is 0.0622 e. The van der Waals surface area contributed by atoms with Gasteiger partial charge in [-0.3, -0.25) is 4.68 Å². The Kier molecular flexibility index (Phi) is 3.32. The van der Waals surface area contributed by atoms with Crippen molar-refractivity contribution >= 4 is 0 Å². The predicted molar refractivity (Wildman–Crippen MR) is 51.2 cm³/mol. The van der Waals surface area contributed by atoms with Crippen molar-refractivity contribution in [1.29, 1.82) is 0 Å². The summed E-state index contributed by atoms with van der Waals surface area (Å²) < 4.78 is 2.06. The fourth-order valence-electron chi connectivity index (χ4n) is 1.26. The van der Waals surface area contributed by atoms with Gasteiger partial charge >= 0.3 is 0 Å². The second-order valence-electron chi connectivity index (χ2n) is 3.37. The largest absolute Gasteiger partial charge is 0.272 e. The van der Waals surface area contributed by atoms with Gasteiger partial charge in [-0.25, -0.2) is 0 Å².